The number of pyridine rings is 1. The monoisotopic (exact) mass is 610 g/mol. The molecule has 4 aromatic rings. The van der Waals surface area contributed by atoms with Gasteiger partial charge in [-0.25, -0.2) is 28.7 Å². The van der Waals surface area contributed by atoms with Crippen LogP contribution in [0.1, 0.15) is 37.9 Å². The Hall–Kier alpha value is -3.27. The summed E-state index contributed by atoms with van der Waals surface area (Å²) in [6, 6.07) is 6.92. The molecule has 43 heavy (non-hydrogen) atoms. The molecular formula is C31H41F2N8OP. The van der Waals surface area contributed by atoms with Crippen molar-refractivity contribution in [2.24, 2.45) is 0 Å². The van der Waals surface area contributed by atoms with Crippen LogP contribution in [0.25, 0.3) is 22.3 Å². The summed E-state index contributed by atoms with van der Waals surface area (Å²) in [6.45, 7) is 16.0. The molecule has 0 bridgehead atoms. The van der Waals surface area contributed by atoms with Crippen molar-refractivity contribution >= 4 is 29.9 Å². The Balaban J connectivity index is 1.30. The van der Waals surface area contributed by atoms with E-state index in [4.69, 9.17) is 4.98 Å². The van der Waals surface area contributed by atoms with Gasteiger partial charge in [-0.1, -0.05) is 6.07 Å². The summed E-state index contributed by atoms with van der Waals surface area (Å²) in [5.41, 5.74) is 2.96. The van der Waals surface area contributed by atoms with E-state index in [9.17, 15) is 4.57 Å². The Morgan fingerprint density at radius 3 is 2.56 bits per heavy atom. The van der Waals surface area contributed by atoms with Crippen molar-refractivity contribution in [2.45, 2.75) is 46.2 Å². The lowest BCUT2D eigenvalue weighted by molar-refractivity contribution is 0.214. The van der Waals surface area contributed by atoms with Crippen LogP contribution in [0.2, 0.25) is 0 Å². The second kappa shape index (κ2) is 12.0. The van der Waals surface area contributed by atoms with Crippen LogP contribution in [0, 0.1) is 18.6 Å². The summed E-state index contributed by atoms with van der Waals surface area (Å²) in [5, 5.41) is 3.11. The Morgan fingerprint density at radius 1 is 1.07 bits per heavy atom. The molecule has 0 radical (unpaired) electrons. The van der Waals surface area contributed by atoms with Crippen molar-refractivity contribution in [2.75, 3.05) is 58.0 Å². The van der Waals surface area contributed by atoms with Crippen molar-refractivity contribution < 1.29 is 13.3 Å². The molecule has 12 heteroatoms. The van der Waals surface area contributed by atoms with E-state index in [2.05, 4.69) is 43.2 Å². The first-order valence-electron chi connectivity index (χ1n) is 14.6. The third-order valence-electron chi connectivity index (χ3n) is 7.76. The first kappa shape index (κ1) is 31.2. The van der Waals surface area contributed by atoms with Gasteiger partial charge in [0, 0.05) is 62.1 Å². The van der Waals surface area contributed by atoms with E-state index in [-0.39, 0.29) is 22.7 Å². The Morgan fingerprint density at radius 2 is 1.84 bits per heavy atom. The van der Waals surface area contributed by atoms with E-state index in [1.165, 1.54) is 11.6 Å². The molecule has 1 aromatic carbocycles. The number of hydrogen-bond donors (Lipinski definition) is 1. The Bertz CT molecular complexity index is 1690. The van der Waals surface area contributed by atoms with Gasteiger partial charge in [-0.2, -0.15) is 0 Å². The van der Waals surface area contributed by atoms with Crippen LogP contribution in [0.4, 0.5) is 20.5 Å². The van der Waals surface area contributed by atoms with Gasteiger partial charge in [-0.05, 0) is 71.8 Å². The highest BCUT2D eigenvalue weighted by atomic mass is 31.2. The van der Waals surface area contributed by atoms with Crippen molar-refractivity contribution in [3.63, 3.8) is 0 Å². The first-order chi connectivity index (χ1) is 20.2. The lowest BCUT2D eigenvalue weighted by atomic mass is 10.1. The molecule has 0 saturated carbocycles. The average molecular weight is 611 g/mol. The van der Waals surface area contributed by atoms with Crippen LogP contribution in [-0.4, -0.2) is 87.0 Å². The Labute approximate surface area is 252 Å². The topological polar surface area (TPSA) is 92.1 Å². The maximum absolute atomic E-state index is 15.2. The molecule has 5 rings (SSSR count). The van der Waals surface area contributed by atoms with Crippen molar-refractivity contribution in [3.05, 3.63) is 59.2 Å². The highest BCUT2D eigenvalue weighted by Gasteiger charge is 2.23. The fourth-order valence-electron chi connectivity index (χ4n) is 5.55. The number of anilines is 2. The number of hydrogen-bond acceptors (Lipinski definition) is 8. The fraction of sp³-hybridized carbons (Fsp3) is 0.484. The van der Waals surface area contributed by atoms with Crippen LogP contribution in [0.15, 0.2) is 30.5 Å². The number of nitrogens with zero attached hydrogens (tertiary/aromatic N) is 7. The number of halogens is 2. The van der Waals surface area contributed by atoms with Gasteiger partial charge in [-0.15, -0.1) is 0 Å². The molecule has 4 heterocycles. The zero-order valence-corrected chi connectivity index (χ0v) is 27.0. The molecule has 0 saturated heterocycles. The maximum atomic E-state index is 15.2. The highest BCUT2D eigenvalue weighted by molar-refractivity contribution is 7.62. The van der Waals surface area contributed by atoms with Gasteiger partial charge in [0.2, 0.25) is 5.95 Å². The highest BCUT2D eigenvalue weighted by Crippen LogP contribution is 2.35. The number of fused-ring (bicyclic) bond motifs is 2. The smallest absolute Gasteiger partial charge is 0.229 e. The van der Waals surface area contributed by atoms with Crippen LogP contribution >= 0.6 is 7.14 Å². The number of aryl methyl sites for hydroxylation is 1. The van der Waals surface area contributed by atoms with Gasteiger partial charge in [0.15, 0.2) is 11.6 Å². The molecule has 1 N–H and O–H groups in total. The first-order valence-corrected chi connectivity index (χ1v) is 17.4. The molecule has 1 aliphatic rings. The van der Waals surface area contributed by atoms with Gasteiger partial charge >= 0.3 is 0 Å². The van der Waals surface area contributed by atoms with Gasteiger partial charge in [0.1, 0.15) is 22.9 Å². The van der Waals surface area contributed by atoms with E-state index in [1.54, 1.807) is 6.07 Å². The fourth-order valence-corrected chi connectivity index (χ4v) is 6.37. The summed E-state index contributed by atoms with van der Waals surface area (Å²) in [7, 11) is 0.0725. The minimum atomic E-state index is -2.00. The quantitative estimate of drug-likeness (QED) is 0.235. The maximum Gasteiger partial charge on any atom is 0.229 e. The van der Waals surface area contributed by atoms with Crippen LogP contribution in [0.3, 0.4) is 0 Å². The average Bonchev–Trinajstić information content (AvgIpc) is 3.28. The predicted molar refractivity (Wildman–Crippen MR) is 169 cm³/mol. The molecule has 0 fully saturated rings. The second-order valence-electron chi connectivity index (χ2n) is 12.9. The van der Waals surface area contributed by atoms with Gasteiger partial charge in [0.25, 0.3) is 0 Å². The molecule has 3 aromatic heterocycles. The minimum absolute atomic E-state index is 0.00290. The molecule has 0 spiro atoms. The molecule has 0 atom stereocenters. The van der Waals surface area contributed by atoms with E-state index < -0.39 is 18.8 Å². The molecule has 0 unspecified atom stereocenters. The molecule has 1 aliphatic heterocycles. The number of aromatic nitrogens is 5. The standard InChI is InChI=1S/C31H41F2N8OP/c1-20-35-29-23(32)16-22(17-26(29)41(20)31(2,3)4)28-24(33)18-34-30(38-28)37-27-9-8-21-19-40(11-10-25(21)36-27)13-12-39(5)14-15-43(6,7)42/h8-9,16-18H,10-15,19H2,1-7H3,(H,34,36,37,38). The third kappa shape index (κ3) is 7.28. The van der Waals surface area contributed by atoms with Crippen LogP contribution in [0.5, 0.6) is 0 Å². The van der Waals surface area contributed by atoms with Gasteiger partial charge in [0.05, 0.1) is 18.9 Å². The van der Waals surface area contributed by atoms with Crippen molar-refractivity contribution in [3.8, 4) is 11.3 Å². The number of imidazole rings is 1. The van der Waals surface area contributed by atoms with Crippen molar-refractivity contribution in [1.29, 1.82) is 0 Å². The lowest BCUT2D eigenvalue weighted by Gasteiger charge is -2.30. The molecule has 230 valence electrons. The van der Waals surface area contributed by atoms with Crippen LogP contribution < -0.4 is 5.32 Å². The number of likely N-dealkylation sites (N-methyl/N-ethyl adjacent to an activating group) is 1. The molecule has 9 nitrogen and oxygen atoms in total. The number of benzene rings is 1. The van der Waals surface area contributed by atoms with E-state index in [0.717, 1.165) is 57.2 Å². The zero-order chi connectivity index (χ0) is 31.1. The van der Waals surface area contributed by atoms with Gasteiger partial charge < -0.3 is 19.3 Å². The van der Waals surface area contributed by atoms with E-state index in [0.29, 0.717) is 22.7 Å². The molecule has 0 amide bonds. The lowest BCUT2D eigenvalue weighted by Crippen LogP contribution is -2.37. The predicted octanol–water partition coefficient (Wildman–Crippen LogP) is 5.89. The third-order valence-corrected chi connectivity index (χ3v) is 9.03. The largest absolute Gasteiger partial charge is 0.324 e. The minimum Gasteiger partial charge on any atom is -0.324 e. The summed E-state index contributed by atoms with van der Waals surface area (Å²) < 4.78 is 44.1. The summed E-state index contributed by atoms with van der Waals surface area (Å²) >= 11 is 0. The van der Waals surface area contributed by atoms with Crippen LogP contribution in [-0.2, 0) is 23.1 Å². The number of rotatable bonds is 9. The van der Waals surface area contributed by atoms with Gasteiger partial charge in [-0.3, -0.25) is 4.90 Å². The summed E-state index contributed by atoms with van der Waals surface area (Å²) in [4.78, 5) is 22.4. The van der Waals surface area contributed by atoms with E-state index >= 15 is 8.78 Å². The zero-order valence-electron chi connectivity index (χ0n) is 26.1. The summed E-state index contributed by atoms with van der Waals surface area (Å²) in [6.07, 6.45) is 2.63. The summed E-state index contributed by atoms with van der Waals surface area (Å²) in [5.74, 6) is 0.241. The van der Waals surface area contributed by atoms with E-state index in [1.807, 2.05) is 51.7 Å². The Kier molecular flexibility index (Phi) is 8.71. The number of nitrogens with one attached hydrogen (secondary N) is 1. The molecular weight excluding hydrogens is 569 g/mol. The second-order valence-corrected chi connectivity index (χ2v) is 16.5. The normalized spacial score (nSPS) is 14.5. The SMILES string of the molecule is Cc1nc2c(F)cc(-c3nc(Nc4ccc5c(n4)CCN(CCN(C)CCP(C)(C)=O)C5)ncc3F)cc2n1C(C)(C)C. The molecule has 0 aliphatic carbocycles. The van der Waals surface area contributed by atoms with Crippen molar-refractivity contribution in [1.82, 2.24) is 34.3 Å².